The molecule has 0 radical (unpaired) electrons. The zero-order valence-corrected chi connectivity index (χ0v) is 11.3. The average molecular weight is 270 g/mol. The highest BCUT2D eigenvalue weighted by Gasteiger charge is 2.20. The normalized spacial score (nSPS) is 13.3. The van der Waals surface area contributed by atoms with Crippen LogP contribution in [0.1, 0.15) is 24.0 Å². The van der Waals surface area contributed by atoms with E-state index in [-0.39, 0.29) is 11.7 Å². The van der Waals surface area contributed by atoms with Crippen LogP contribution in [0.5, 0.6) is 0 Å². The standard InChI is InChI=1S/C11H18N4O2S/c1-3-8(10(12)15-17)11(16)13-5-4-9-14-7(2)6-18-9/h6,8,17H,3-5H2,1-2H3,(H2,12,15)(H,13,16). The molecular weight excluding hydrogens is 252 g/mol. The van der Waals surface area contributed by atoms with Crippen LogP contribution in [0, 0.1) is 12.8 Å². The Morgan fingerprint density at radius 3 is 2.94 bits per heavy atom. The summed E-state index contributed by atoms with van der Waals surface area (Å²) in [5.41, 5.74) is 6.43. The summed E-state index contributed by atoms with van der Waals surface area (Å²) in [6, 6.07) is 0. The number of nitrogens with zero attached hydrogens (tertiary/aromatic N) is 2. The van der Waals surface area contributed by atoms with Gasteiger partial charge in [0, 0.05) is 24.0 Å². The van der Waals surface area contributed by atoms with Gasteiger partial charge in [-0.1, -0.05) is 12.1 Å². The predicted octanol–water partition coefficient (Wildman–Crippen LogP) is 0.883. The lowest BCUT2D eigenvalue weighted by atomic mass is 10.0. The Kier molecular flexibility index (Phi) is 5.57. The van der Waals surface area contributed by atoms with E-state index in [4.69, 9.17) is 10.9 Å². The molecule has 0 bridgehead atoms. The van der Waals surface area contributed by atoms with E-state index in [1.807, 2.05) is 19.2 Å². The molecule has 1 rings (SSSR count). The van der Waals surface area contributed by atoms with Gasteiger partial charge in [0.15, 0.2) is 5.84 Å². The molecule has 1 unspecified atom stereocenters. The van der Waals surface area contributed by atoms with Crippen molar-refractivity contribution in [1.29, 1.82) is 0 Å². The lowest BCUT2D eigenvalue weighted by molar-refractivity contribution is -0.123. The largest absolute Gasteiger partial charge is 0.409 e. The van der Waals surface area contributed by atoms with E-state index in [9.17, 15) is 4.79 Å². The summed E-state index contributed by atoms with van der Waals surface area (Å²) in [4.78, 5) is 16.1. The molecule has 100 valence electrons. The number of nitrogens with two attached hydrogens (primary N) is 1. The van der Waals surface area contributed by atoms with Gasteiger partial charge in [-0.3, -0.25) is 4.79 Å². The zero-order chi connectivity index (χ0) is 13.5. The van der Waals surface area contributed by atoms with Crippen molar-refractivity contribution in [2.24, 2.45) is 16.8 Å². The van der Waals surface area contributed by atoms with Crippen LogP contribution in [0.25, 0.3) is 0 Å². The summed E-state index contributed by atoms with van der Waals surface area (Å²) in [5.74, 6) is -0.853. The molecule has 0 aliphatic carbocycles. The first kappa shape index (κ1) is 14.4. The SMILES string of the molecule is CCC(C(=O)NCCc1nc(C)cs1)/C(N)=N/O. The molecule has 1 aromatic rings. The van der Waals surface area contributed by atoms with Crippen LogP contribution >= 0.6 is 11.3 Å². The van der Waals surface area contributed by atoms with Crippen LogP contribution in [-0.2, 0) is 11.2 Å². The Labute approximate surface area is 110 Å². The number of carbonyl (C=O) groups excluding carboxylic acids is 1. The third-order valence-electron chi connectivity index (χ3n) is 2.50. The molecular formula is C11H18N4O2S. The summed E-state index contributed by atoms with van der Waals surface area (Å²) in [7, 11) is 0. The second kappa shape index (κ2) is 6.95. The summed E-state index contributed by atoms with van der Waals surface area (Å²) in [6.07, 6.45) is 1.19. The molecule has 7 heteroatoms. The topological polar surface area (TPSA) is 101 Å². The molecule has 0 aliphatic rings. The van der Waals surface area contributed by atoms with E-state index in [1.165, 1.54) is 0 Å². The summed E-state index contributed by atoms with van der Waals surface area (Å²) < 4.78 is 0. The lowest BCUT2D eigenvalue weighted by Gasteiger charge is -2.12. The fourth-order valence-electron chi connectivity index (χ4n) is 1.53. The Bertz CT molecular complexity index is 430. The van der Waals surface area contributed by atoms with Crippen LogP contribution in [0.4, 0.5) is 0 Å². The number of oxime groups is 1. The molecule has 1 atom stereocenters. The van der Waals surface area contributed by atoms with Gasteiger partial charge in [-0.15, -0.1) is 11.3 Å². The molecule has 0 saturated heterocycles. The molecule has 0 aromatic carbocycles. The van der Waals surface area contributed by atoms with Gasteiger partial charge in [-0.2, -0.15) is 0 Å². The van der Waals surface area contributed by atoms with E-state index < -0.39 is 5.92 Å². The summed E-state index contributed by atoms with van der Waals surface area (Å²) in [6.45, 7) is 4.25. The number of amides is 1. The maximum atomic E-state index is 11.8. The van der Waals surface area contributed by atoms with Gasteiger partial charge < -0.3 is 16.3 Å². The molecule has 0 saturated carbocycles. The van der Waals surface area contributed by atoms with E-state index in [0.29, 0.717) is 19.4 Å². The van der Waals surface area contributed by atoms with E-state index in [0.717, 1.165) is 10.7 Å². The van der Waals surface area contributed by atoms with Gasteiger partial charge in [-0.25, -0.2) is 4.98 Å². The van der Waals surface area contributed by atoms with Gasteiger partial charge in [0.1, 0.15) is 0 Å². The molecule has 4 N–H and O–H groups in total. The van der Waals surface area contributed by atoms with Gasteiger partial charge >= 0.3 is 0 Å². The van der Waals surface area contributed by atoms with Crippen molar-refractivity contribution < 1.29 is 10.0 Å². The van der Waals surface area contributed by atoms with Crippen molar-refractivity contribution >= 4 is 23.1 Å². The zero-order valence-electron chi connectivity index (χ0n) is 10.5. The fourth-order valence-corrected chi connectivity index (χ4v) is 2.31. The number of rotatable bonds is 6. The Morgan fingerprint density at radius 1 is 1.72 bits per heavy atom. The Balaban J connectivity index is 2.40. The second-order valence-electron chi connectivity index (χ2n) is 3.91. The number of thiazole rings is 1. The average Bonchev–Trinajstić information content (AvgIpc) is 2.75. The number of carbonyl (C=O) groups is 1. The highest BCUT2D eigenvalue weighted by molar-refractivity contribution is 7.09. The Morgan fingerprint density at radius 2 is 2.44 bits per heavy atom. The minimum Gasteiger partial charge on any atom is -0.409 e. The second-order valence-corrected chi connectivity index (χ2v) is 4.85. The molecule has 1 amide bonds. The third kappa shape index (κ3) is 3.99. The number of amidine groups is 1. The number of hydrogen-bond donors (Lipinski definition) is 3. The van der Waals surface area contributed by atoms with Crippen molar-refractivity contribution in [3.05, 3.63) is 16.1 Å². The number of aromatic nitrogens is 1. The first-order valence-corrected chi connectivity index (χ1v) is 6.62. The van der Waals surface area contributed by atoms with Crippen LogP contribution < -0.4 is 11.1 Å². The number of aryl methyl sites for hydroxylation is 1. The highest BCUT2D eigenvalue weighted by Crippen LogP contribution is 2.09. The molecule has 0 spiro atoms. The molecule has 18 heavy (non-hydrogen) atoms. The van der Waals surface area contributed by atoms with E-state index >= 15 is 0 Å². The van der Waals surface area contributed by atoms with Crippen molar-refractivity contribution in [3.8, 4) is 0 Å². The van der Waals surface area contributed by atoms with Crippen LogP contribution in [0.3, 0.4) is 0 Å². The van der Waals surface area contributed by atoms with Crippen molar-refractivity contribution in [3.63, 3.8) is 0 Å². The molecule has 6 nitrogen and oxygen atoms in total. The molecule has 0 fully saturated rings. The predicted molar refractivity (Wildman–Crippen MR) is 70.8 cm³/mol. The first-order chi connectivity index (χ1) is 8.58. The van der Waals surface area contributed by atoms with Crippen LogP contribution in [0.2, 0.25) is 0 Å². The van der Waals surface area contributed by atoms with Crippen LogP contribution in [0.15, 0.2) is 10.5 Å². The molecule has 0 aliphatic heterocycles. The van der Waals surface area contributed by atoms with Gasteiger partial charge in [0.2, 0.25) is 5.91 Å². The highest BCUT2D eigenvalue weighted by atomic mass is 32.1. The van der Waals surface area contributed by atoms with E-state index in [1.54, 1.807) is 11.3 Å². The number of nitrogens with one attached hydrogen (secondary N) is 1. The lowest BCUT2D eigenvalue weighted by Crippen LogP contribution is -2.39. The monoisotopic (exact) mass is 270 g/mol. The summed E-state index contributed by atoms with van der Waals surface area (Å²) >= 11 is 1.58. The third-order valence-corrected chi connectivity index (χ3v) is 3.53. The Hall–Kier alpha value is -1.63. The quantitative estimate of drug-likeness (QED) is 0.309. The smallest absolute Gasteiger partial charge is 0.230 e. The van der Waals surface area contributed by atoms with Crippen LogP contribution in [-0.4, -0.2) is 28.5 Å². The van der Waals surface area contributed by atoms with Gasteiger partial charge in [0.05, 0.1) is 10.9 Å². The fraction of sp³-hybridized carbons (Fsp3) is 0.545. The molecule has 1 aromatic heterocycles. The van der Waals surface area contributed by atoms with Crippen molar-refractivity contribution in [2.45, 2.75) is 26.7 Å². The first-order valence-electron chi connectivity index (χ1n) is 5.74. The molecule has 1 heterocycles. The minimum absolute atomic E-state index is 0.0555. The minimum atomic E-state index is -0.576. The van der Waals surface area contributed by atoms with Gasteiger partial charge in [-0.05, 0) is 13.3 Å². The maximum Gasteiger partial charge on any atom is 0.230 e. The van der Waals surface area contributed by atoms with Gasteiger partial charge in [0.25, 0.3) is 0 Å². The number of hydrogen-bond acceptors (Lipinski definition) is 5. The van der Waals surface area contributed by atoms with Crippen molar-refractivity contribution in [1.82, 2.24) is 10.3 Å². The van der Waals surface area contributed by atoms with E-state index in [2.05, 4.69) is 15.5 Å². The summed E-state index contributed by atoms with van der Waals surface area (Å²) in [5, 5.41) is 17.2. The van der Waals surface area contributed by atoms with Crippen molar-refractivity contribution in [2.75, 3.05) is 6.54 Å². The maximum absolute atomic E-state index is 11.8.